The highest BCUT2D eigenvalue weighted by Crippen LogP contribution is 2.29. The van der Waals surface area contributed by atoms with E-state index in [1.165, 1.54) is 6.07 Å². The van der Waals surface area contributed by atoms with Crippen LogP contribution < -0.4 is 5.32 Å². The van der Waals surface area contributed by atoms with Crippen molar-refractivity contribution in [3.63, 3.8) is 0 Å². The van der Waals surface area contributed by atoms with Crippen LogP contribution >= 0.6 is 0 Å². The Morgan fingerprint density at radius 2 is 2.21 bits per heavy atom. The van der Waals surface area contributed by atoms with Gasteiger partial charge in [0, 0.05) is 18.5 Å². The van der Waals surface area contributed by atoms with E-state index >= 15 is 0 Å². The summed E-state index contributed by atoms with van der Waals surface area (Å²) in [5, 5.41) is 14.4. The Kier molecular flexibility index (Phi) is 2.16. The van der Waals surface area contributed by atoms with Gasteiger partial charge in [-0.1, -0.05) is 5.16 Å². The van der Waals surface area contributed by atoms with Crippen LogP contribution in [0.2, 0.25) is 0 Å². The lowest BCUT2D eigenvalue weighted by molar-refractivity contribution is 0.308. The standard InChI is InChI=1S/C12H10FN5O/c13-8-1-2-9-7(5-15-17-9)10(8)11-16-12(19-18-11)6-3-14-4-6/h1-2,5-6,14H,3-4H2,(H,15,17). The van der Waals surface area contributed by atoms with Crippen LogP contribution in [0, 0.1) is 5.82 Å². The molecule has 1 aliphatic heterocycles. The van der Waals surface area contributed by atoms with E-state index in [9.17, 15) is 4.39 Å². The molecule has 1 aromatic carbocycles. The summed E-state index contributed by atoms with van der Waals surface area (Å²) in [6.07, 6.45) is 1.56. The average molecular weight is 259 g/mol. The number of H-pyrrole nitrogens is 1. The highest BCUT2D eigenvalue weighted by Gasteiger charge is 2.26. The number of hydrogen-bond donors (Lipinski definition) is 2. The van der Waals surface area contributed by atoms with Crippen molar-refractivity contribution in [2.75, 3.05) is 13.1 Å². The third kappa shape index (κ3) is 1.55. The van der Waals surface area contributed by atoms with Crippen LogP contribution in [0.25, 0.3) is 22.3 Å². The fourth-order valence-electron chi connectivity index (χ4n) is 2.18. The fraction of sp³-hybridized carbons (Fsp3) is 0.250. The van der Waals surface area contributed by atoms with Crippen LogP contribution in [0.1, 0.15) is 11.8 Å². The van der Waals surface area contributed by atoms with Crippen molar-refractivity contribution in [2.45, 2.75) is 5.92 Å². The van der Waals surface area contributed by atoms with Gasteiger partial charge in [-0.2, -0.15) is 10.1 Å². The maximum Gasteiger partial charge on any atom is 0.232 e. The first-order valence-corrected chi connectivity index (χ1v) is 5.99. The van der Waals surface area contributed by atoms with E-state index in [1.54, 1.807) is 12.3 Å². The average Bonchev–Trinajstić information content (AvgIpc) is 2.95. The Morgan fingerprint density at radius 3 is 3.00 bits per heavy atom. The van der Waals surface area contributed by atoms with Crippen LogP contribution in [0.4, 0.5) is 4.39 Å². The molecule has 1 aliphatic rings. The predicted octanol–water partition coefficient (Wildman–Crippen LogP) is 1.44. The van der Waals surface area contributed by atoms with Crippen LogP contribution in [0.5, 0.6) is 0 Å². The minimum absolute atomic E-state index is 0.230. The Labute approximate surface area is 107 Å². The third-order valence-corrected chi connectivity index (χ3v) is 3.37. The van der Waals surface area contributed by atoms with Gasteiger partial charge in [0.2, 0.25) is 11.7 Å². The van der Waals surface area contributed by atoms with Gasteiger partial charge in [-0.25, -0.2) is 4.39 Å². The molecule has 4 rings (SSSR count). The van der Waals surface area contributed by atoms with E-state index in [0.29, 0.717) is 16.8 Å². The minimum Gasteiger partial charge on any atom is -0.339 e. The first-order chi connectivity index (χ1) is 9.33. The summed E-state index contributed by atoms with van der Waals surface area (Å²) >= 11 is 0. The number of fused-ring (bicyclic) bond motifs is 1. The van der Waals surface area contributed by atoms with E-state index in [2.05, 4.69) is 25.7 Å². The Hall–Kier alpha value is -2.28. The molecule has 1 saturated heterocycles. The van der Waals surface area contributed by atoms with Gasteiger partial charge in [0.15, 0.2) is 0 Å². The minimum atomic E-state index is -0.381. The third-order valence-electron chi connectivity index (χ3n) is 3.37. The number of benzene rings is 1. The van der Waals surface area contributed by atoms with Crippen LogP contribution in [0.3, 0.4) is 0 Å². The van der Waals surface area contributed by atoms with Crippen molar-refractivity contribution in [1.29, 1.82) is 0 Å². The SMILES string of the molecule is Fc1ccc2[nH]ncc2c1-c1noc(C2CNC2)n1. The zero-order valence-electron chi connectivity index (χ0n) is 9.85. The van der Waals surface area contributed by atoms with Crippen molar-refractivity contribution in [1.82, 2.24) is 25.7 Å². The van der Waals surface area contributed by atoms with Gasteiger partial charge >= 0.3 is 0 Å². The lowest BCUT2D eigenvalue weighted by atomic mass is 10.0. The van der Waals surface area contributed by atoms with Gasteiger partial charge in [-0.3, -0.25) is 5.10 Å². The van der Waals surface area contributed by atoms with Gasteiger partial charge in [0.05, 0.1) is 23.2 Å². The zero-order valence-corrected chi connectivity index (χ0v) is 9.85. The van der Waals surface area contributed by atoms with Gasteiger partial charge in [0.1, 0.15) is 5.82 Å². The predicted molar refractivity (Wildman–Crippen MR) is 65.0 cm³/mol. The molecule has 96 valence electrons. The molecule has 0 bridgehead atoms. The molecule has 1 fully saturated rings. The second kappa shape index (κ2) is 3.86. The first-order valence-electron chi connectivity index (χ1n) is 5.99. The van der Waals surface area contributed by atoms with Crippen molar-refractivity contribution in [2.24, 2.45) is 0 Å². The number of hydrogen-bond acceptors (Lipinski definition) is 5. The summed E-state index contributed by atoms with van der Waals surface area (Å²) in [6.45, 7) is 1.64. The molecule has 3 heterocycles. The van der Waals surface area contributed by atoms with Crippen LogP contribution in [-0.4, -0.2) is 33.4 Å². The van der Waals surface area contributed by atoms with Crippen molar-refractivity contribution in [3.8, 4) is 11.4 Å². The molecule has 0 atom stereocenters. The monoisotopic (exact) mass is 259 g/mol. The lowest BCUT2D eigenvalue weighted by Gasteiger charge is -2.22. The molecule has 0 aliphatic carbocycles. The maximum absolute atomic E-state index is 14.0. The van der Waals surface area contributed by atoms with E-state index in [4.69, 9.17) is 4.52 Å². The Morgan fingerprint density at radius 1 is 1.32 bits per heavy atom. The smallest absolute Gasteiger partial charge is 0.232 e. The molecule has 0 spiro atoms. The molecule has 0 radical (unpaired) electrons. The molecule has 0 saturated carbocycles. The van der Waals surface area contributed by atoms with Crippen LogP contribution in [0.15, 0.2) is 22.9 Å². The molecule has 6 nitrogen and oxygen atoms in total. The Balaban J connectivity index is 1.86. The van der Waals surface area contributed by atoms with Crippen molar-refractivity contribution in [3.05, 3.63) is 30.0 Å². The molecule has 0 unspecified atom stereocenters. The normalized spacial score (nSPS) is 15.8. The largest absolute Gasteiger partial charge is 0.339 e. The zero-order chi connectivity index (χ0) is 12.8. The molecule has 0 amide bonds. The van der Waals surface area contributed by atoms with Gasteiger partial charge in [0.25, 0.3) is 0 Å². The number of nitrogens with one attached hydrogen (secondary N) is 2. The summed E-state index contributed by atoms with van der Waals surface area (Å²) < 4.78 is 19.2. The van der Waals surface area contributed by atoms with Gasteiger partial charge in [-0.05, 0) is 12.1 Å². The molecular weight excluding hydrogens is 249 g/mol. The fourth-order valence-corrected chi connectivity index (χ4v) is 2.18. The summed E-state index contributed by atoms with van der Waals surface area (Å²) in [5.41, 5.74) is 1.07. The molecule has 2 aromatic heterocycles. The molecular formula is C12H10FN5O. The quantitative estimate of drug-likeness (QED) is 0.728. The number of rotatable bonds is 2. The number of halogens is 1. The molecule has 7 heteroatoms. The lowest BCUT2D eigenvalue weighted by Crippen LogP contribution is -2.40. The van der Waals surface area contributed by atoms with Gasteiger partial charge in [-0.15, -0.1) is 0 Å². The summed E-state index contributed by atoms with van der Waals surface area (Å²) in [7, 11) is 0. The molecule has 2 N–H and O–H groups in total. The maximum atomic E-state index is 14.0. The highest BCUT2D eigenvalue weighted by molar-refractivity contribution is 5.92. The molecule has 19 heavy (non-hydrogen) atoms. The molecule has 3 aromatic rings. The van der Waals surface area contributed by atoms with E-state index in [0.717, 1.165) is 18.6 Å². The van der Waals surface area contributed by atoms with E-state index in [-0.39, 0.29) is 17.6 Å². The summed E-state index contributed by atoms with van der Waals surface area (Å²) in [6, 6.07) is 3.01. The topological polar surface area (TPSA) is 79.6 Å². The van der Waals surface area contributed by atoms with Crippen molar-refractivity contribution < 1.29 is 8.91 Å². The summed E-state index contributed by atoms with van der Waals surface area (Å²) in [4.78, 5) is 4.29. The second-order valence-electron chi connectivity index (χ2n) is 4.57. The van der Waals surface area contributed by atoms with Gasteiger partial charge < -0.3 is 9.84 Å². The van der Waals surface area contributed by atoms with Crippen molar-refractivity contribution >= 4 is 10.9 Å². The van der Waals surface area contributed by atoms with E-state index < -0.39 is 0 Å². The van der Waals surface area contributed by atoms with Crippen LogP contribution in [-0.2, 0) is 0 Å². The first kappa shape index (κ1) is 10.6. The highest BCUT2D eigenvalue weighted by atomic mass is 19.1. The summed E-state index contributed by atoms with van der Waals surface area (Å²) in [5.74, 6) is 0.667. The number of aromatic nitrogens is 4. The number of aromatic amines is 1. The second-order valence-corrected chi connectivity index (χ2v) is 4.57. The Bertz CT molecular complexity index is 746. The number of nitrogens with zero attached hydrogens (tertiary/aromatic N) is 3. The van der Waals surface area contributed by atoms with E-state index in [1.807, 2.05) is 0 Å².